The molecule has 0 bridgehead atoms. The van der Waals surface area contributed by atoms with Gasteiger partial charge in [-0.3, -0.25) is 0 Å². The van der Waals surface area contributed by atoms with Gasteiger partial charge in [0.2, 0.25) is 10.0 Å². The maximum atomic E-state index is 11.2. The molecule has 0 atom stereocenters. The molecule has 108 valence electrons. The zero-order valence-corrected chi connectivity index (χ0v) is 14.6. The maximum Gasteiger partial charge on any atom is 0.238 e. The van der Waals surface area contributed by atoms with E-state index in [1.165, 1.54) is 12.1 Å². The van der Waals surface area contributed by atoms with Gasteiger partial charge in [-0.15, -0.1) is 0 Å². The van der Waals surface area contributed by atoms with Crippen LogP contribution in [0.15, 0.2) is 26.0 Å². The molecular formula is C9H11Br2NO5S2. The predicted octanol–water partition coefficient (Wildman–Crippen LogP) is 1.28. The molecule has 19 heavy (non-hydrogen) atoms. The Labute approximate surface area is 128 Å². The second-order valence-electron chi connectivity index (χ2n) is 3.74. The summed E-state index contributed by atoms with van der Waals surface area (Å²) >= 11 is 6.29. The van der Waals surface area contributed by atoms with Crippen LogP contribution in [0.3, 0.4) is 0 Å². The highest BCUT2D eigenvalue weighted by Gasteiger charge is 2.15. The molecule has 0 aliphatic carbocycles. The predicted molar refractivity (Wildman–Crippen MR) is 78.4 cm³/mol. The third-order valence-corrected chi connectivity index (χ3v) is 4.98. The van der Waals surface area contributed by atoms with Crippen LogP contribution < -0.4 is 9.88 Å². The first-order valence-electron chi connectivity index (χ1n) is 4.83. The zero-order valence-electron chi connectivity index (χ0n) is 9.76. The summed E-state index contributed by atoms with van der Waals surface area (Å²) < 4.78 is 50.4. The van der Waals surface area contributed by atoms with Crippen molar-refractivity contribution in [3.8, 4) is 5.75 Å². The first kappa shape index (κ1) is 16.9. The van der Waals surface area contributed by atoms with Crippen LogP contribution in [0.5, 0.6) is 5.75 Å². The Kier molecular flexibility index (Phi) is 5.41. The van der Waals surface area contributed by atoms with Crippen molar-refractivity contribution in [3.05, 3.63) is 21.1 Å². The normalized spacial score (nSPS) is 12.4. The van der Waals surface area contributed by atoms with Crippen molar-refractivity contribution in [2.24, 2.45) is 5.14 Å². The quantitative estimate of drug-likeness (QED) is 0.748. The summed E-state index contributed by atoms with van der Waals surface area (Å²) in [6.07, 6.45) is 1.10. The smallest absolute Gasteiger partial charge is 0.238 e. The minimum absolute atomic E-state index is 0.0369. The van der Waals surface area contributed by atoms with Crippen molar-refractivity contribution in [1.82, 2.24) is 0 Å². The molecule has 0 radical (unpaired) electrons. The van der Waals surface area contributed by atoms with Crippen LogP contribution in [-0.4, -0.2) is 35.5 Å². The number of ether oxygens (including phenoxy) is 1. The molecule has 2 N–H and O–H groups in total. The molecule has 1 aromatic carbocycles. The maximum absolute atomic E-state index is 11.2. The number of hydrogen-bond donors (Lipinski definition) is 1. The molecule has 0 spiro atoms. The first-order chi connectivity index (χ1) is 8.50. The van der Waals surface area contributed by atoms with E-state index < -0.39 is 19.9 Å². The van der Waals surface area contributed by atoms with Crippen LogP contribution in [0.25, 0.3) is 0 Å². The number of hydrogen-bond acceptors (Lipinski definition) is 5. The van der Waals surface area contributed by atoms with E-state index in [2.05, 4.69) is 31.9 Å². The van der Waals surface area contributed by atoms with Gasteiger partial charge < -0.3 is 4.74 Å². The molecule has 0 unspecified atom stereocenters. The number of halogens is 2. The van der Waals surface area contributed by atoms with Crippen LogP contribution in [0, 0.1) is 0 Å². The Morgan fingerprint density at radius 1 is 1.16 bits per heavy atom. The van der Waals surface area contributed by atoms with Gasteiger partial charge in [0.05, 0.1) is 19.6 Å². The molecule has 0 aliphatic rings. The summed E-state index contributed by atoms with van der Waals surface area (Å²) in [5.74, 6) is 0.180. The average molecular weight is 437 g/mol. The minimum atomic E-state index is -3.82. The molecular weight excluding hydrogens is 426 g/mol. The zero-order chi connectivity index (χ0) is 14.8. The third kappa shape index (κ3) is 5.38. The lowest BCUT2D eigenvalue weighted by molar-refractivity contribution is 0.336. The van der Waals surface area contributed by atoms with Gasteiger partial charge in [0.25, 0.3) is 0 Å². The largest absolute Gasteiger partial charge is 0.490 e. The number of sulfonamides is 1. The van der Waals surface area contributed by atoms with E-state index in [4.69, 9.17) is 9.88 Å². The van der Waals surface area contributed by atoms with Crippen LogP contribution in [0.1, 0.15) is 0 Å². The third-order valence-electron chi connectivity index (χ3n) is 2.00. The fraction of sp³-hybridized carbons (Fsp3) is 0.333. The lowest BCUT2D eigenvalue weighted by Crippen LogP contribution is -2.14. The van der Waals surface area contributed by atoms with E-state index in [0.29, 0.717) is 14.7 Å². The highest BCUT2D eigenvalue weighted by Crippen LogP contribution is 2.35. The van der Waals surface area contributed by atoms with Crippen molar-refractivity contribution >= 4 is 51.7 Å². The van der Waals surface area contributed by atoms with Gasteiger partial charge in [-0.2, -0.15) is 0 Å². The highest BCUT2D eigenvalue weighted by atomic mass is 79.9. The van der Waals surface area contributed by atoms with Gasteiger partial charge >= 0.3 is 0 Å². The number of sulfone groups is 1. The van der Waals surface area contributed by atoms with Crippen LogP contribution >= 0.6 is 31.9 Å². The van der Waals surface area contributed by atoms with Crippen LogP contribution in [0.2, 0.25) is 0 Å². The molecule has 0 aliphatic heterocycles. The number of primary sulfonamides is 1. The molecule has 1 rings (SSSR count). The SMILES string of the molecule is CS(=O)(=O)CCOc1c(Br)cc(S(N)(=O)=O)cc1Br. The summed E-state index contributed by atoms with van der Waals surface area (Å²) in [6.45, 7) is -0.0369. The fourth-order valence-electron chi connectivity index (χ4n) is 1.13. The summed E-state index contributed by atoms with van der Waals surface area (Å²) in [7, 11) is -6.94. The van der Waals surface area contributed by atoms with Crippen LogP contribution in [0.4, 0.5) is 0 Å². The number of rotatable bonds is 5. The lowest BCUT2D eigenvalue weighted by atomic mass is 10.3. The van der Waals surface area contributed by atoms with Crippen molar-refractivity contribution in [1.29, 1.82) is 0 Å². The Morgan fingerprint density at radius 3 is 2.00 bits per heavy atom. The molecule has 6 nitrogen and oxygen atoms in total. The molecule has 0 fully saturated rings. The van der Waals surface area contributed by atoms with E-state index in [1.807, 2.05) is 0 Å². The fourth-order valence-corrected chi connectivity index (χ4v) is 3.80. The molecule has 0 saturated carbocycles. The van der Waals surface area contributed by atoms with Crippen LogP contribution in [-0.2, 0) is 19.9 Å². The van der Waals surface area contributed by atoms with E-state index in [-0.39, 0.29) is 17.3 Å². The lowest BCUT2D eigenvalue weighted by Gasteiger charge is -2.11. The Morgan fingerprint density at radius 2 is 1.63 bits per heavy atom. The minimum Gasteiger partial charge on any atom is -0.490 e. The molecule has 0 saturated heterocycles. The van der Waals surface area contributed by atoms with Gasteiger partial charge in [0.1, 0.15) is 12.4 Å². The van der Waals surface area contributed by atoms with Crippen molar-refractivity contribution in [2.75, 3.05) is 18.6 Å². The number of nitrogens with two attached hydrogens (primary N) is 1. The standard InChI is InChI=1S/C9H11Br2NO5S2/c1-18(13,14)3-2-17-9-7(10)4-6(5-8(9)11)19(12,15)16/h4-5H,2-3H2,1H3,(H2,12,15,16). The van der Waals surface area contributed by atoms with Gasteiger partial charge in [-0.1, -0.05) is 0 Å². The van der Waals surface area contributed by atoms with Gasteiger partial charge in [0, 0.05) is 6.26 Å². The molecule has 0 heterocycles. The Balaban J connectivity index is 2.99. The van der Waals surface area contributed by atoms with Gasteiger partial charge in [0.15, 0.2) is 9.84 Å². The number of benzene rings is 1. The Bertz CT molecular complexity index is 662. The second kappa shape index (κ2) is 6.08. The molecule has 10 heteroatoms. The monoisotopic (exact) mass is 435 g/mol. The molecule has 0 amide bonds. The average Bonchev–Trinajstić information content (AvgIpc) is 2.18. The topological polar surface area (TPSA) is 104 Å². The summed E-state index contributed by atoms with van der Waals surface area (Å²) in [5, 5.41) is 5.01. The second-order valence-corrected chi connectivity index (χ2v) is 9.27. The highest BCUT2D eigenvalue weighted by molar-refractivity contribution is 9.11. The molecule has 1 aromatic rings. The Hall–Kier alpha value is -0.160. The van der Waals surface area contributed by atoms with Gasteiger partial charge in [-0.25, -0.2) is 22.0 Å². The van der Waals surface area contributed by atoms with Gasteiger partial charge in [-0.05, 0) is 44.0 Å². The van der Waals surface area contributed by atoms with Crippen molar-refractivity contribution in [2.45, 2.75) is 4.90 Å². The van der Waals surface area contributed by atoms with Crippen molar-refractivity contribution in [3.63, 3.8) is 0 Å². The summed E-state index contributed by atoms with van der Waals surface area (Å²) in [5.41, 5.74) is 0. The van der Waals surface area contributed by atoms with E-state index in [1.54, 1.807) is 0 Å². The summed E-state index contributed by atoms with van der Waals surface area (Å²) in [6, 6.07) is 2.58. The summed E-state index contributed by atoms with van der Waals surface area (Å²) in [4.78, 5) is -0.0817. The van der Waals surface area contributed by atoms with Crippen molar-refractivity contribution < 1.29 is 21.6 Å². The molecule has 0 aromatic heterocycles. The first-order valence-corrected chi connectivity index (χ1v) is 10.0. The van der Waals surface area contributed by atoms with E-state index in [0.717, 1.165) is 6.26 Å². The van der Waals surface area contributed by atoms with E-state index in [9.17, 15) is 16.8 Å². The van der Waals surface area contributed by atoms with E-state index >= 15 is 0 Å².